The van der Waals surface area contributed by atoms with Gasteiger partial charge < -0.3 is 4.74 Å². The Kier molecular flexibility index (Phi) is 6.44. The van der Waals surface area contributed by atoms with Gasteiger partial charge in [-0.1, -0.05) is 13.0 Å². The van der Waals surface area contributed by atoms with E-state index in [9.17, 15) is 0 Å². The third-order valence-electron chi connectivity index (χ3n) is 2.10. The van der Waals surface area contributed by atoms with E-state index in [0.29, 0.717) is 6.10 Å². The Hall–Kier alpha value is -0.0500. The molecule has 1 aliphatic heterocycles. The lowest BCUT2D eigenvalue weighted by molar-refractivity contribution is -0.0244. The summed E-state index contributed by atoms with van der Waals surface area (Å²) in [6, 6.07) is 0. The number of likely N-dealkylation sites (N-methyl/N-ethyl adjacent to an activating group) is 1. The smallest absolute Gasteiger partial charge is 0.0736 e. The van der Waals surface area contributed by atoms with Crippen LogP contribution in [0.3, 0.4) is 0 Å². The molecule has 3 heteroatoms. The lowest BCUT2D eigenvalue weighted by atomic mass is 10.2. The molecule has 2 nitrogen and oxygen atoms in total. The summed E-state index contributed by atoms with van der Waals surface area (Å²) in [5, 5.41) is 0. The molecule has 0 amide bonds. The first-order valence-corrected chi connectivity index (χ1v) is 4.31. The van der Waals surface area contributed by atoms with Gasteiger partial charge in [-0.25, -0.2) is 0 Å². The Morgan fingerprint density at radius 2 is 2.42 bits per heavy atom. The van der Waals surface area contributed by atoms with Gasteiger partial charge >= 0.3 is 0 Å². The van der Waals surface area contributed by atoms with Crippen molar-refractivity contribution in [1.82, 2.24) is 4.90 Å². The summed E-state index contributed by atoms with van der Waals surface area (Å²) in [6.45, 7) is 10.1. The fourth-order valence-corrected chi connectivity index (χ4v) is 1.40. The highest BCUT2D eigenvalue weighted by Crippen LogP contribution is 2.07. The molecule has 1 aliphatic rings. The van der Waals surface area contributed by atoms with E-state index in [-0.39, 0.29) is 12.4 Å². The minimum atomic E-state index is 0. The second kappa shape index (κ2) is 6.46. The molecule has 1 unspecified atom stereocenters. The van der Waals surface area contributed by atoms with Crippen LogP contribution in [0.5, 0.6) is 0 Å². The minimum Gasteiger partial charge on any atom is -0.375 e. The summed E-state index contributed by atoms with van der Waals surface area (Å²) < 4.78 is 5.54. The third-order valence-corrected chi connectivity index (χ3v) is 2.10. The Morgan fingerprint density at radius 1 is 1.67 bits per heavy atom. The average Bonchev–Trinajstić information content (AvgIpc) is 2.06. The molecule has 72 valence electrons. The third kappa shape index (κ3) is 3.57. The maximum Gasteiger partial charge on any atom is 0.0736 e. The maximum absolute atomic E-state index is 5.54. The molecule has 0 saturated carbocycles. The molecule has 1 saturated heterocycles. The SMILES string of the molecule is C=CCC1CN(CC)CCO1.Cl. The van der Waals surface area contributed by atoms with Crippen molar-refractivity contribution in [2.45, 2.75) is 19.4 Å². The van der Waals surface area contributed by atoms with Crippen molar-refractivity contribution in [2.75, 3.05) is 26.2 Å². The van der Waals surface area contributed by atoms with Crippen LogP contribution in [0.15, 0.2) is 12.7 Å². The van der Waals surface area contributed by atoms with Gasteiger partial charge in [0.25, 0.3) is 0 Å². The molecule has 0 aromatic heterocycles. The van der Waals surface area contributed by atoms with Gasteiger partial charge in [0.2, 0.25) is 0 Å². The van der Waals surface area contributed by atoms with Crippen LogP contribution in [-0.4, -0.2) is 37.2 Å². The van der Waals surface area contributed by atoms with Crippen LogP contribution in [-0.2, 0) is 4.74 Å². The zero-order valence-corrected chi connectivity index (χ0v) is 8.48. The van der Waals surface area contributed by atoms with E-state index in [1.807, 2.05) is 6.08 Å². The van der Waals surface area contributed by atoms with Gasteiger partial charge in [-0.3, -0.25) is 4.90 Å². The standard InChI is InChI=1S/C9H17NO.ClH/c1-3-5-9-8-10(4-2)6-7-11-9;/h3,9H,1,4-8H2,2H3;1H. The van der Waals surface area contributed by atoms with Gasteiger partial charge in [0.1, 0.15) is 0 Å². The number of ether oxygens (including phenoxy) is 1. The second-order valence-corrected chi connectivity index (χ2v) is 2.91. The number of hydrogen-bond acceptors (Lipinski definition) is 2. The summed E-state index contributed by atoms with van der Waals surface area (Å²) in [6.07, 6.45) is 3.31. The van der Waals surface area contributed by atoms with E-state index in [4.69, 9.17) is 4.74 Å². The van der Waals surface area contributed by atoms with Crippen LogP contribution in [0.1, 0.15) is 13.3 Å². The molecule has 0 spiro atoms. The molecule has 0 N–H and O–H groups in total. The molecule has 1 rings (SSSR count). The first-order chi connectivity index (χ1) is 5.36. The summed E-state index contributed by atoms with van der Waals surface area (Å²) in [7, 11) is 0. The van der Waals surface area contributed by atoms with E-state index in [0.717, 1.165) is 32.7 Å². The fourth-order valence-electron chi connectivity index (χ4n) is 1.40. The summed E-state index contributed by atoms with van der Waals surface area (Å²) in [4.78, 5) is 2.41. The van der Waals surface area contributed by atoms with Crippen molar-refractivity contribution in [3.05, 3.63) is 12.7 Å². The quantitative estimate of drug-likeness (QED) is 0.630. The summed E-state index contributed by atoms with van der Waals surface area (Å²) in [5.41, 5.74) is 0. The van der Waals surface area contributed by atoms with Gasteiger partial charge in [-0.15, -0.1) is 19.0 Å². The normalized spacial score (nSPS) is 24.6. The Labute approximate surface area is 81.0 Å². The Bertz CT molecular complexity index is 130. The Balaban J connectivity index is 0.00000121. The zero-order valence-electron chi connectivity index (χ0n) is 7.66. The lowest BCUT2D eigenvalue weighted by Gasteiger charge is -2.31. The molecular weight excluding hydrogens is 174 g/mol. The van der Waals surface area contributed by atoms with Crippen LogP contribution >= 0.6 is 12.4 Å². The largest absolute Gasteiger partial charge is 0.375 e. The highest BCUT2D eigenvalue weighted by atomic mass is 35.5. The Morgan fingerprint density at radius 3 is 3.00 bits per heavy atom. The van der Waals surface area contributed by atoms with E-state index >= 15 is 0 Å². The van der Waals surface area contributed by atoms with E-state index in [1.54, 1.807) is 0 Å². The van der Waals surface area contributed by atoms with Crippen molar-refractivity contribution < 1.29 is 4.74 Å². The highest BCUT2D eigenvalue weighted by Gasteiger charge is 2.17. The number of morpholine rings is 1. The van der Waals surface area contributed by atoms with Gasteiger partial charge in [-0.2, -0.15) is 0 Å². The number of halogens is 1. The molecule has 0 aliphatic carbocycles. The van der Waals surface area contributed by atoms with E-state index in [2.05, 4.69) is 18.4 Å². The van der Waals surface area contributed by atoms with Crippen LogP contribution < -0.4 is 0 Å². The molecule has 1 fully saturated rings. The molecule has 0 radical (unpaired) electrons. The van der Waals surface area contributed by atoms with Gasteiger partial charge in [0.05, 0.1) is 12.7 Å². The maximum atomic E-state index is 5.54. The zero-order chi connectivity index (χ0) is 8.10. The second-order valence-electron chi connectivity index (χ2n) is 2.91. The summed E-state index contributed by atoms with van der Waals surface area (Å²) >= 11 is 0. The number of hydrogen-bond donors (Lipinski definition) is 0. The number of nitrogens with zero attached hydrogens (tertiary/aromatic N) is 1. The van der Waals surface area contributed by atoms with Gasteiger partial charge in [0, 0.05) is 13.1 Å². The van der Waals surface area contributed by atoms with Crippen molar-refractivity contribution >= 4 is 12.4 Å². The fraction of sp³-hybridized carbons (Fsp3) is 0.778. The molecular formula is C9H18ClNO. The van der Waals surface area contributed by atoms with Crippen molar-refractivity contribution in [3.8, 4) is 0 Å². The first-order valence-electron chi connectivity index (χ1n) is 4.31. The molecule has 12 heavy (non-hydrogen) atoms. The molecule has 1 heterocycles. The first kappa shape index (κ1) is 11.9. The van der Waals surface area contributed by atoms with Crippen LogP contribution in [0.25, 0.3) is 0 Å². The average molecular weight is 192 g/mol. The minimum absolute atomic E-state index is 0. The molecule has 0 bridgehead atoms. The van der Waals surface area contributed by atoms with E-state index < -0.39 is 0 Å². The molecule has 1 atom stereocenters. The molecule has 0 aromatic rings. The molecule has 0 aromatic carbocycles. The van der Waals surface area contributed by atoms with Crippen molar-refractivity contribution in [3.63, 3.8) is 0 Å². The van der Waals surface area contributed by atoms with Crippen molar-refractivity contribution in [1.29, 1.82) is 0 Å². The monoisotopic (exact) mass is 191 g/mol. The van der Waals surface area contributed by atoms with Crippen LogP contribution in [0.4, 0.5) is 0 Å². The van der Waals surface area contributed by atoms with Gasteiger partial charge in [-0.05, 0) is 13.0 Å². The lowest BCUT2D eigenvalue weighted by Crippen LogP contribution is -2.41. The van der Waals surface area contributed by atoms with E-state index in [1.165, 1.54) is 0 Å². The highest BCUT2D eigenvalue weighted by molar-refractivity contribution is 5.85. The number of rotatable bonds is 3. The van der Waals surface area contributed by atoms with Crippen molar-refractivity contribution in [2.24, 2.45) is 0 Å². The van der Waals surface area contributed by atoms with Crippen LogP contribution in [0.2, 0.25) is 0 Å². The topological polar surface area (TPSA) is 12.5 Å². The predicted molar refractivity (Wildman–Crippen MR) is 53.9 cm³/mol. The van der Waals surface area contributed by atoms with Gasteiger partial charge in [0.15, 0.2) is 0 Å². The predicted octanol–water partition coefficient (Wildman–Crippen LogP) is 1.70. The van der Waals surface area contributed by atoms with Crippen LogP contribution in [0, 0.1) is 0 Å². The summed E-state index contributed by atoms with van der Waals surface area (Å²) in [5.74, 6) is 0.